The number of nitrogens with zero attached hydrogens (tertiary/aromatic N) is 3. The Hall–Kier alpha value is -2.26. The molecule has 1 aromatic carbocycles. The van der Waals surface area contributed by atoms with Gasteiger partial charge in [0.15, 0.2) is 5.82 Å². The van der Waals surface area contributed by atoms with E-state index >= 15 is 0 Å². The summed E-state index contributed by atoms with van der Waals surface area (Å²) in [6.45, 7) is 4.31. The monoisotopic (exact) mass is 405 g/mol. The van der Waals surface area contributed by atoms with Gasteiger partial charge in [0.25, 0.3) is 0 Å². The summed E-state index contributed by atoms with van der Waals surface area (Å²) in [4.78, 5) is 19.4. The molecule has 2 unspecified atom stereocenters. The van der Waals surface area contributed by atoms with E-state index in [0.717, 1.165) is 24.7 Å². The Balaban J connectivity index is 1.89. The van der Waals surface area contributed by atoms with Gasteiger partial charge in [0.05, 0.1) is 12.3 Å². The molecular weight excluding hydrogens is 378 g/mol. The highest BCUT2D eigenvalue weighted by Crippen LogP contribution is 2.33. The van der Waals surface area contributed by atoms with E-state index in [9.17, 15) is 13.2 Å². The number of benzene rings is 1. The summed E-state index contributed by atoms with van der Waals surface area (Å²) in [5.74, 6) is 1.09. The highest BCUT2D eigenvalue weighted by molar-refractivity contribution is 7.88. The maximum absolute atomic E-state index is 13.1. The highest BCUT2D eigenvalue weighted by Gasteiger charge is 2.40. The SMILES string of the molecule is CCC(CC)C(=O)N1CC(NS(C)(=O)=O)CC1c1nc(-c2ccccc2)n[nH]1. The van der Waals surface area contributed by atoms with Crippen LogP contribution in [0.1, 0.15) is 45.0 Å². The molecule has 28 heavy (non-hydrogen) atoms. The van der Waals surface area contributed by atoms with Gasteiger partial charge >= 0.3 is 0 Å². The Morgan fingerprint density at radius 2 is 1.96 bits per heavy atom. The molecule has 2 aromatic rings. The first-order chi connectivity index (χ1) is 13.3. The first kappa shape index (κ1) is 20.5. The van der Waals surface area contributed by atoms with E-state index in [2.05, 4.69) is 19.9 Å². The van der Waals surface area contributed by atoms with Gasteiger partial charge in [-0.25, -0.2) is 18.1 Å². The Labute approximate surface area is 165 Å². The lowest BCUT2D eigenvalue weighted by molar-refractivity contribution is -0.136. The van der Waals surface area contributed by atoms with E-state index in [0.29, 0.717) is 24.6 Å². The fourth-order valence-electron chi connectivity index (χ4n) is 3.74. The summed E-state index contributed by atoms with van der Waals surface area (Å²) in [5.41, 5.74) is 0.881. The minimum atomic E-state index is -3.37. The Morgan fingerprint density at radius 1 is 1.29 bits per heavy atom. The quantitative estimate of drug-likeness (QED) is 0.733. The number of carbonyl (C=O) groups is 1. The van der Waals surface area contributed by atoms with Gasteiger partial charge in [-0.1, -0.05) is 44.2 Å². The number of aromatic amines is 1. The fourth-order valence-corrected chi connectivity index (χ4v) is 4.52. The third-order valence-electron chi connectivity index (χ3n) is 5.15. The van der Waals surface area contributed by atoms with Gasteiger partial charge in [0.2, 0.25) is 15.9 Å². The Bertz CT molecular complexity index is 909. The van der Waals surface area contributed by atoms with Crippen LogP contribution in [0, 0.1) is 5.92 Å². The summed E-state index contributed by atoms with van der Waals surface area (Å²) in [5, 5.41) is 7.25. The van der Waals surface area contributed by atoms with E-state index in [1.807, 2.05) is 44.2 Å². The molecule has 1 aliphatic heterocycles. The third kappa shape index (κ3) is 4.59. The van der Waals surface area contributed by atoms with Gasteiger partial charge in [-0.15, -0.1) is 0 Å². The molecule has 1 fully saturated rings. The van der Waals surface area contributed by atoms with Crippen LogP contribution in [-0.4, -0.2) is 53.2 Å². The number of amides is 1. The largest absolute Gasteiger partial charge is 0.331 e. The van der Waals surface area contributed by atoms with E-state index in [1.165, 1.54) is 0 Å². The average molecular weight is 406 g/mol. The number of likely N-dealkylation sites (tertiary alicyclic amines) is 1. The van der Waals surface area contributed by atoms with Crippen LogP contribution in [-0.2, 0) is 14.8 Å². The number of carbonyl (C=O) groups excluding carboxylic acids is 1. The van der Waals surface area contributed by atoms with Crippen LogP contribution in [0.2, 0.25) is 0 Å². The van der Waals surface area contributed by atoms with Crippen molar-refractivity contribution in [1.29, 1.82) is 0 Å². The van der Waals surface area contributed by atoms with Crippen molar-refractivity contribution >= 4 is 15.9 Å². The van der Waals surface area contributed by atoms with Crippen molar-refractivity contribution in [2.45, 2.75) is 45.2 Å². The first-order valence-corrected chi connectivity index (χ1v) is 11.5. The number of nitrogens with one attached hydrogen (secondary N) is 2. The highest BCUT2D eigenvalue weighted by atomic mass is 32.2. The molecule has 0 aliphatic carbocycles. The minimum Gasteiger partial charge on any atom is -0.331 e. The molecule has 2 atom stereocenters. The van der Waals surface area contributed by atoms with Crippen LogP contribution < -0.4 is 4.72 Å². The summed E-state index contributed by atoms with van der Waals surface area (Å²) in [6.07, 6.45) is 3.08. The molecule has 3 rings (SSSR count). The summed E-state index contributed by atoms with van der Waals surface area (Å²) in [7, 11) is -3.37. The predicted molar refractivity (Wildman–Crippen MR) is 107 cm³/mol. The molecular formula is C19H27N5O3S. The van der Waals surface area contributed by atoms with Crippen LogP contribution in [0.3, 0.4) is 0 Å². The molecule has 1 aliphatic rings. The van der Waals surface area contributed by atoms with Crippen LogP contribution >= 0.6 is 0 Å². The second-order valence-corrected chi connectivity index (χ2v) is 9.03. The number of sulfonamides is 1. The average Bonchev–Trinajstić information content (AvgIpc) is 3.29. The first-order valence-electron chi connectivity index (χ1n) is 9.57. The zero-order valence-electron chi connectivity index (χ0n) is 16.4. The number of H-pyrrole nitrogens is 1. The summed E-state index contributed by atoms with van der Waals surface area (Å²) < 4.78 is 26.0. The molecule has 1 aromatic heterocycles. The normalized spacial score (nSPS) is 20.1. The molecule has 1 amide bonds. The lowest BCUT2D eigenvalue weighted by Crippen LogP contribution is -2.40. The molecule has 0 bridgehead atoms. The van der Waals surface area contributed by atoms with Crippen molar-refractivity contribution in [3.63, 3.8) is 0 Å². The molecule has 152 valence electrons. The number of rotatable bonds is 7. The van der Waals surface area contributed by atoms with Gasteiger partial charge < -0.3 is 4.90 Å². The molecule has 8 nitrogen and oxygen atoms in total. The smallest absolute Gasteiger partial charge is 0.226 e. The second-order valence-electron chi connectivity index (χ2n) is 7.25. The van der Waals surface area contributed by atoms with E-state index < -0.39 is 10.0 Å². The van der Waals surface area contributed by atoms with Gasteiger partial charge in [0, 0.05) is 24.1 Å². The van der Waals surface area contributed by atoms with E-state index in [1.54, 1.807) is 4.90 Å². The topological polar surface area (TPSA) is 108 Å². The van der Waals surface area contributed by atoms with Crippen molar-refractivity contribution in [2.75, 3.05) is 12.8 Å². The van der Waals surface area contributed by atoms with Crippen molar-refractivity contribution in [3.05, 3.63) is 36.2 Å². The van der Waals surface area contributed by atoms with Crippen molar-refractivity contribution in [1.82, 2.24) is 24.8 Å². The molecule has 0 spiro atoms. The Kier molecular flexibility index (Phi) is 6.14. The van der Waals surface area contributed by atoms with Gasteiger partial charge in [-0.2, -0.15) is 5.10 Å². The molecule has 0 saturated carbocycles. The molecule has 2 heterocycles. The fraction of sp³-hybridized carbons (Fsp3) is 0.526. The van der Waals surface area contributed by atoms with Crippen LogP contribution in [0.5, 0.6) is 0 Å². The van der Waals surface area contributed by atoms with Gasteiger partial charge in [0.1, 0.15) is 5.82 Å². The van der Waals surface area contributed by atoms with Gasteiger partial charge in [-0.3, -0.25) is 9.89 Å². The predicted octanol–water partition coefficient (Wildman–Crippen LogP) is 2.10. The number of hydrogen-bond acceptors (Lipinski definition) is 5. The van der Waals surface area contributed by atoms with Crippen molar-refractivity contribution in [2.24, 2.45) is 5.92 Å². The number of hydrogen-bond donors (Lipinski definition) is 2. The summed E-state index contributed by atoms with van der Waals surface area (Å²) in [6, 6.07) is 8.91. The zero-order valence-corrected chi connectivity index (χ0v) is 17.2. The lowest BCUT2D eigenvalue weighted by Gasteiger charge is -2.26. The maximum atomic E-state index is 13.1. The van der Waals surface area contributed by atoms with Gasteiger partial charge in [-0.05, 0) is 19.3 Å². The molecule has 9 heteroatoms. The zero-order chi connectivity index (χ0) is 20.3. The lowest BCUT2D eigenvalue weighted by atomic mass is 10.0. The van der Waals surface area contributed by atoms with Crippen LogP contribution in [0.4, 0.5) is 0 Å². The maximum Gasteiger partial charge on any atom is 0.226 e. The van der Waals surface area contributed by atoms with Crippen molar-refractivity contribution in [3.8, 4) is 11.4 Å². The molecule has 0 radical (unpaired) electrons. The minimum absolute atomic E-state index is 0.0328. The van der Waals surface area contributed by atoms with Crippen molar-refractivity contribution < 1.29 is 13.2 Å². The third-order valence-corrected chi connectivity index (χ3v) is 5.91. The second kappa shape index (κ2) is 8.40. The standard InChI is InChI=1S/C19H27N5O3S/c1-4-13(5-2)19(25)24-12-15(23-28(3,26)27)11-16(24)18-20-17(21-22-18)14-9-7-6-8-10-14/h6-10,13,15-16,23H,4-5,11-12H2,1-3H3,(H,20,21,22). The van der Waals surface area contributed by atoms with E-state index in [-0.39, 0.29) is 23.9 Å². The van der Waals surface area contributed by atoms with Crippen LogP contribution in [0.15, 0.2) is 30.3 Å². The number of aromatic nitrogens is 3. The van der Waals surface area contributed by atoms with Crippen LogP contribution in [0.25, 0.3) is 11.4 Å². The molecule has 1 saturated heterocycles. The Morgan fingerprint density at radius 3 is 2.57 bits per heavy atom. The summed E-state index contributed by atoms with van der Waals surface area (Å²) >= 11 is 0. The van der Waals surface area contributed by atoms with E-state index in [4.69, 9.17) is 0 Å². The molecule has 2 N–H and O–H groups in total.